The Balaban J connectivity index is 4.69. The van der Waals surface area contributed by atoms with Gasteiger partial charge in [0.25, 0.3) is 0 Å². The van der Waals surface area contributed by atoms with E-state index in [1.54, 1.807) is 0 Å². The van der Waals surface area contributed by atoms with Crippen LogP contribution in [0.4, 0.5) is 0 Å². The molecule has 1 amide bonds. The van der Waals surface area contributed by atoms with Crippen molar-refractivity contribution >= 4 is 11.9 Å². The average Bonchev–Trinajstić information content (AvgIpc) is 3.13. The number of carbonyl (C=O) groups is 2. The van der Waals surface area contributed by atoms with Crippen molar-refractivity contribution in [3.63, 3.8) is 0 Å². The van der Waals surface area contributed by atoms with Gasteiger partial charge in [0, 0.05) is 6.42 Å². The Kier molecular flexibility index (Phi) is 38.3. The Morgan fingerprint density at radius 1 is 0.577 bits per heavy atom. The summed E-state index contributed by atoms with van der Waals surface area (Å²) in [5, 5.41) is 23.5. The molecule has 0 saturated heterocycles. The molecule has 0 aliphatic heterocycles. The van der Waals surface area contributed by atoms with E-state index in [0.717, 1.165) is 70.6 Å². The molecule has 6 nitrogen and oxygen atoms in total. The molecule has 3 atom stereocenters. The summed E-state index contributed by atoms with van der Waals surface area (Å²) >= 11 is 0. The molecule has 0 aromatic heterocycles. The van der Waals surface area contributed by atoms with E-state index >= 15 is 0 Å². The zero-order valence-electron chi connectivity index (χ0n) is 34.2. The second-order valence-corrected chi connectivity index (χ2v) is 14.8. The van der Waals surface area contributed by atoms with Gasteiger partial charge in [-0.2, -0.15) is 0 Å². The summed E-state index contributed by atoms with van der Waals surface area (Å²) in [5.74, 6) is -0.515. The number of esters is 1. The predicted octanol–water partition coefficient (Wildman–Crippen LogP) is 12.3. The van der Waals surface area contributed by atoms with Gasteiger partial charge >= 0.3 is 5.97 Å². The molecule has 302 valence electrons. The van der Waals surface area contributed by atoms with Crippen molar-refractivity contribution in [2.45, 2.75) is 225 Å². The minimum atomic E-state index is -0.794. The number of nitrogens with one attached hydrogen (secondary N) is 1. The molecule has 0 saturated carbocycles. The molecule has 0 rings (SSSR count). The predicted molar refractivity (Wildman–Crippen MR) is 222 cm³/mol. The normalized spacial score (nSPS) is 13.9. The molecule has 0 aliphatic rings. The van der Waals surface area contributed by atoms with Crippen LogP contribution in [-0.2, 0) is 14.3 Å². The largest absolute Gasteiger partial charge is 0.462 e. The lowest BCUT2D eigenvalue weighted by Gasteiger charge is -2.24. The van der Waals surface area contributed by atoms with E-state index in [-0.39, 0.29) is 24.9 Å². The standard InChI is InChI=1S/C46H83NO5/c1-4-7-10-13-16-19-21-22-24-26-28-31-34-37-42(52-46(51)39-36-33-30-27-23-20-17-14-11-8-5-2)40-45(50)47-43(41-48)44(49)38-35-32-29-25-18-15-12-9-6-3/h7,10,13,16,19,21-22,24,42-44,48-49H,4-6,8-9,11-12,14-15,17-18,20,23,25-41H2,1-3H3,(H,47,50)/b10-7+,16-13+,21-19+,24-22-. The van der Waals surface area contributed by atoms with Crippen molar-refractivity contribution < 1.29 is 24.5 Å². The fraction of sp³-hybridized carbons (Fsp3) is 0.783. The summed E-state index contributed by atoms with van der Waals surface area (Å²) in [6.45, 7) is 6.29. The molecular formula is C46H83NO5. The minimum Gasteiger partial charge on any atom is -0.462 e. The highest BCUT2D eigenvalue weighted by atomic mass is 16.5. The topological polar surface area (TPSA) is 95.9 Å². The number of carbonyl (C=O) groups excluding carboxylic acids is 2. The van der Waals surface area contributed by atoms with Gasteiger partial charge in [0.05, 0.1) is 25.2 Å². The van der Waals surface area contributed by atoms with Crippen molar-refractivity contribution in [1.29, 1.82) is 0 Å². The van der Waals surface area contributed by atoms with E-state index in [1.165, 1.54) is 89.9 Å². The second-order valence-electron chi connectivity index (χ2n) is 14.8. The first-order valence-electron chi connectivity index (χ1n) is 21.9. The molecule has 0 heterocycles. The summed E-state index contributed by atoms with van der Waals surface area (Å²) in [4.78, 5) is 25.9. The third kappa shape index (κ3) is 34.9. The number of aliphatic hydroxyl groups is 2. The lowest BCUT2D eigenvalue weighted by atomic mass is 10.0. The Bertz CT molecular complexity index is 910. The van der Waals surface area contributed by atoms with E-state index in [9.17, 15) is 19.8 Å². The first kappa shape index (κ1) is 49.8. The van der Waals surface area contributed by atoms with E-state index in [4.69, 9.17) is 4.74 Å². The smallest absolute Gasteiger partial charge is 0.306 e. The zero-order chi connectivity index (χ0) is 38.2. The van der Waals surface area contributed by atoms with E-state index < -0.39 is 18.2 Å². The van der Waals surface area contributed by atoms with Crippen LogP contribution in [0.2, 0.25) is 0 Å². The number of hydrogen-bond donors (Lipinski definition) is 3. The number of ether oxygens (including phenoxy) is 1. The van der Waals surface area contributed by atoms with Crippen LogP contribution in [-0.4, -0.2) is 46.9 Å². The van der Waals surface area contributed by atoms with Gasteiger partial charge in [-0.15, -0.1) is 0 Å². The van der Waals surface area contributed by atoms with E-state index in [2.05, 4.69) is 50.4 Å². The molecule has 0 aromatic carbocycles. The van der Waals surface area contributed by atoms with Crippen molar-refractivity contribution in [2.24, 2.45) is 0 Å². The third-order valence-electron chi connectivity index (χ3n) is 9.77. The highest BCUT2D eigenvalue weighted by Crippen LogP contribution is 2.17. The molecule has 0 radical (unpaired) electrons. The Morgan fingerprint density at radius 3 is 1.58 bits per heavy atom. The Hall–Kier alpha value is -2.18. The lowest BCUT2D eigenvalue weighted by molar-refractivity contribution is -0.151. The second kappa shape index (κ2) is 40.0. The summed E-state index contributed by atoms with van der Waals surface area (Å²) in [7, 11) is 0. The number of amides is 1. The first-order valence-corrected chi connectivity index (χ1v) is 21.9. The quantitative estimate of drug-likeness (QED) is 0.0334. The summed E-state index contributed by atoms with van der Waals surface area (Å²) < 4.78 is 5.87. The van der Waals surface area contributed by atoms with Crippen LogP contribution in [0.15, 0.2) is 48.6 Å². The van der Waals surface area contributed by atoms with Crippen LogP contribution in [0.25, 0.3) is 0 Å². The molecule has 3 N–H and O–H groups in total. The number of rotatable bonds is 38. The van der Waals surface area contributed by atoms with Crippen molar-refractivity contribution in [2.75, 3.05) is 6.61 Å². The maximum absolute atomic E-state index is 13.1. The van der Waals surface area contributed by atoms with Gasteiger partial charge in [0.2, 0.25) is 5.91 Å². The first-order chi connectivity index (χ1) is 25.5. The minimum absolute atomic E-state index is 0.0525. The van der Waals surface area contributed by atoms with Crippen molar-refractivity contribution in [3.8, 4) is 0 Å². The number of hydrogen-bond acceptors (Lipinski definition) is 5. The lowest BCUT2D eigenvalue weighted by Crippen LogP contribution is -2.46. The summed E-state index contributed by atoms with van der Waals surface area (Å²) in [6.07, 6.45) is 46.0. The van der Waals surface area contributed by atoms with Gasteiger partial charge in [-0.05, 0) is 44.9 Å². The SMILES string of the molecule is CC/C=C/C=C/C=C/C=C\CCCCCC(CC(=O)NC(CO)C(O)CCCCCCCCCCC)OC(=O)CCCCCCCCCCCCC. The molecule has 0 spiro atoms. The summed E-state index contributed by atoms with van der Waals surface area (Å²) in [6, 6.07) is -0.710. The molecular weight excluding hydrogens is 647 g/mol. The molecule has 6 heteroatoms. The zero-order valence-corrected chi connectivity index (χ0v) is 34.2. The fourth-order valence-electron chi connectivity index (χ4n) is 6.44. The highest BCUT2D eigenvalue weighted by molar-refractivity contribution is 5.77. The number of allylic oxidation sites excluding steroid dienone is 8. The molecule has 0 aromatic rings. The van der Waals surface area contributed by atoms with Crippen LogP contribution in [0.5, 0.6) is 0 Å². The monoisotopic (exact) mass is 730 g/mol. The van der Waals surface area contributed by atoms with E-state index in [0.29, 0.717) is 19.3 Å². The van der Waals surface area contributed by atoms with Gasteiger partial charge in [-0.25, -0.2) is 0 Å². The molecule has 52 heavy (non-hydrogen) atoms. The van der Waals surface area contributed by atoms with Crippen LogP contribution >= 0.6 is 0 Å². The van der Waals surface area contributed by atoms with Crippen molar-refractivity contribution in [3.05, 3.63) is 48.6 Å². The molecule has 3 unspecified atom stereocenters. The highest BCUT2D eigenvalue weighted by Gasteiger charge is 2.24. The Labute approximate surface area is 321 Å². The van der Waals surface area contributed by atoms with Crippen LogP contribution in [0.3, 0.4) is 0 Å². The van der Waals surface area contributed by atoms with Crippen LogP contribution in [0, 0.1) is 0 Å². The number of aliphatic hydroxyl groups excluding tert-OH is 2. The summed E-state index contributed by atoms with van der Waals surface area (Å²) in [5.41, 5.74) is 0. The van der Waals surface area contributed by atoms with Crippen LogP contribution < -0.4 is 5.32 Å². The van der Waals surface area contributed by atoms with Gasteiger partial charge in [0.15, 0.2) is 0 Å². The fourth-order valence-corrected chi connectivity index (χ4v) is 6.44. The average molecular weight is 730 g/mol. The third-order valence-corrected chi connectivity index (χ3v) is 9.77. The van der Waals surface area contributed by atoms with Crippen molar-refractivity contribution in [1.82, 2.24) is 5.32 Å². The maximum Gasteiger partial charge on any atom is 0.306 e. The molecule has 0 bridgehead atoms. The molecule has 0 fully saturated rings. The van der Waals surface area contributed by atoms with E-state index in [1.807, 2.05) is 24.3 Å². The Morgan fingerprint density at radius 2 is 1.04 bits per heavy atom. The van der Waals surface area contributed by atoms with Gasteiger partial charge in [-0.3, -0.25) is 9.59 Å². The van der Waals surface area contributed by atoms with Gasteiger partial charge < -0.3 is 20.3 Å². The maximum atomic E-state index is 13.1. The number of unbranched alkanes of at least 4 members (excludes halogenated alkanes) is 21. The van der Waals surface area contributed by atoms with Gasteiger partial charge in [0.1, 0.15) is 6.10 Å². The molecule has 0 aliphatic carbocycles. The van der Waals surface area contributed by atoms with Crippen LogP contribution in [0.1, 0.15) is 207 Å². The van der Waals surface area contributed by atoms with Gasteiger partial charge in [-0.1, -0.05) is 198 Å².